The fourth-order valence-corrected chi connectivity index (χ4v) is 3.14. The van der Waals surface area contributed by atoms with Gasteiger partial charge >= 0.3 is 5.97 Å². The van der Waals surface area contributed by atoms with E-state index >= 15 is 0 Å². The van der Waals surface area contributed by atoms with Crippen molar-refractivity contribution in [2.45, 2.75) is 32.6 Å². The molecule has 2 aromatic rings. The molecule has 0 atom stereocenters. The summed E-state index contributed by atoms with van der Waals surface area (Å²) in [6.45, 7) is 2.18. The van der Waals surface area contributed by atoms with Crippen LogP contribution in [0.4, 0.5) is 5.69 Å². The van der Waals surface area contributed by atoms with E-state index in [1.807, 2.05) is 12.1 Å². The van der Waals surface area contributed by atoms with Gasteiger partial charge in [0.25, 0.3) is 0 Å². The topological polar surface area (TPSA) is 83.5 Å². The molecule has 0 spiro atoms. The van der Waals surface area contributed by atoms with E-state index in [1.165, 1.54) is 37.0 Å². The molecule has 5 nitrogen and oxygen atoms in total. The van der Waals surface area contributed by atoms with Crippen LogP contribution in [0.5, 0.6) is 0 Å². The number of aromatic carboxylic acids is 1. The molecule has 0 amide bonds. The molecule has 0 bridgehead atoms. The number of benzene rings is 2. The van der Waals surface area contributed by atoms with E-state index in [0.29, 0.717) is 5.56 Å². The quantitative estimate of drug-likeness (QED) is 0.559. The van der Waals surface area contributed by atoms with Crippen molar-refractivity contribution in [1.82, 2.24) is 0 Å². The van der Waals surface area contributed by atoms with Crippen LogP contribution in [0.2, 0.25) is 0 Å². The van der Waals surface area contributed by atoms with Gasteiger partial charge in [-0.2, -0.15) is 0 Å². The van der Waals surface area contributed by atoms with Crippen molar-refractivity contribution in [2.75, 3.05) is 11.0 Å². The second kappa shape index (κ2) is 9.24. The molecule has 2 N–H and O–H groups in total. The normalized spacial score (nSPS) is 10.7. The van der Waals surface area contributed by atoms with Gasteiger partial charge in [-0.25, -0.2) is 13.2 Å². The van der Waals surface area contributed by atoms with Crippen LogP contribution < -0.4 is 4.72 Å². The Balaban J connectivity index is 2.18. The van der Waals surface area contributed by atoms with Gasteiger partial charge in [-0.15, -0.1) is 0 Å². The van der Waals surface area contributed by atoms with Crippen LogP contribution in [0.25, 0.3) is 0 Å². The summed E-state index contributed by atoms with van der Waals surface area (Å²) in [5.41, 5.74) is 2.49. The number of carboxylic acids is 1. The first kappa shape index (κ1) is 20.5. The first-order valence-corrected chi connectivity index (χ1v) is 10.6. The van der Waals surface area contributed by atoms with Crippen molar-refractivity contribution < 1.29 is 18.3 Å². The van der Waals surface area contributed by atoms with Gasteiger partial charge in [0.2, 0.25) is 10.0 Å². The second-order valence-corrected chi connectivity index (χ2v) is 8.09. The average Bonchev–Trinajstić information content (AvgIpc) is 2.60. The SMILES string of the molecule is CCCCCc1ccc(C#Cc2ccc(NS(C)(=O)=O)c(C(=O)O)c2)cc1. The maximum atomic E-state index is 11.4. The molecule has 0 aliphatic carbocycles. The van der Waals surface area contributed by atoms with Crippen LogP contribution in [-0.4, -0.2) is 25.7 Å². The Bertz CT molecular complexity index is 967. The number of hydrogen-bond donors (Lipinski definition) is 2. The Kier molecular flexibility index (Phi) is 7.03. The molecule has 0 aliphatic heterocycles. The van der Waals surface area contributed by atoms with E-state index in [4.69, 9.17) is 0 Å². The van der Waals surface area contributed by atoms with Gasteiger partial charge in [-0.1, -0.05) is 43.7 Å². The van der Waals surface area contributed by atoms with E-state index in [1.54, 1.807) is 6.07 Å². The molecular formula is C21H23NO4S. The lowest BCUT2D eigenvalue weighted by molar-refractivity contribution is 0.0698. The van der Waals surface area contributed by atoms with E-state index < -0.39 is 16.0 Å². The standard InChI is InChI=1S/C21H23NO4S/c1-3-4-5-6-16-7-9-17(10-8-16)11-12-18-13-14-20(22-27(2,25)26)19(15-18)21(23)24/h7-10,13-15,22H,3-6H2,1-2H3,(H,23,24). The molecule has 0 fully saturated rings. The van der Waals surface area contributed by atoms with Crippen LogP contribution in [0, 0.1) is 11.8 Å². The molecule has 2 rings (SSSR count). The third kappa shape index (κ3) is 6.80. The van der Waals surface area contributed by atoms with Gasteiger partial charge in [0.05, 0.1) is 17.5 Å². The summed E-state index contributed by atoms with van der Waals surface area (Å²) in [6.07, 6.45) is 5.61. The first-order chi connectivity index (χ1) is 12.8. The molecule has 0 saturated carbocycles. The molecule has 27 heavy (non-hydrogen) atoms. The summed E-state index contributed by atoms with van der Waals surface area (Å²) >= 11 is 0. The minimum absolute atomic E-state index is 0.0204. The van der Waals surface area contributed by atoms with E-state index in [0.717, 1.165) is 18.2 Å². The Hall–Kier alpha value is -2.78. The molecule has 2 aromatic carbocycles. The summed E-state index contributed by atoms with van der Waals surface area (Å²) in [5, 5.41) is 9.31. The van der Waals surface area contributed by atoms with Gasteiger partial charge in [0.15, 0.2) is 0 Å². The number of sulfonamides is 1. The highest BCUT2D eigenvalue weighted by Gasteiger charge is 2.13. The van der Waals surface area contributed by atoms with Crippen LogP contribution in [-0.2, 0) is 16.4 Å². The lowest BCUT2D eigenvalue weighted by atomic mass is 10.0. The highest BCUT2D eigenvalue weighted by molar-refractivity contribution is 7.92. The largest absolute Gasteiger partial charge is 0.478 e. The maximum Gasteiger partial charge on any atom is 0.337 e. The summed E-state index contributed by atoms with van der Waals surface area (Å²) in [7, 11) is -3.56. The third-order valence-electron chi connectivity index (χ3n) is 3.92. The minimum Gasteiger partial charge on any atom is -0.478 e. The van der Waals surface area contributed by atoms with Gasteiger partial charge in [-0.3, -0.25) is 4.72 Å². The Morgan fingerprint density at radius 2 is 1.67 bits per heavy atom. The molecule has 0 heterocycles. The number of unbranched alkanes of at least 4 members (excludes halogenated alkanes) is 2. The predicted molar refractivity (Wildman–Crippen MR) is 108 cm³/mol. The number of nitrogens with one attached hydrogen (secondary N) is 1. The molecule has 0 unspecified atom stereocenters. The lowest BCUT2D eigenvalue weighted by Gasteiger charge is -2.07. The highest BCUT2D eigenvalue weighted by Crippen LogP contribution is 2.18. The molecule has 0 aromatic heterocycles. The van der Waals surface area contributed by atoms with Crippen LogP contribution >= 0.6 is 0 Å². The van der Waals surface area contributed by atoms with Crippen molar-refractivity contribution in [3.8, 4) is 11.8 Å². The zero-order chi connectivity index (χ0) is 19.9. The van der Waals surface area contributed by atoms with Crippen LogP contribution in [0.1, 0.15) is 53.2 Å². The van der Waals surface area contributed by atoms with E-state index in [2.05, 4.69) is 35.6 Å². The second-order valence-electron chi connectivity index (χ2n) is 6.34. The Morgan fingerprint density at radius 1 is 1.04 bits per heavy atom. The van der Waals surface area contributed by atoms with Gasteiger partial charge in [0.1, 0.15) is 0 Å². The molecule has 0 saturated heterocycles. The molecule has 6 heteroatoms. The van der Waals surface area contributed by atoms with Crippen molar-refractivity contribution in [1.29, 1.82) is 0 Å². The smallest absolute Gasteiger partial charge is 0.337 e. The molecule has 0 radical (unpaired) electrons. The summed E-state index contributed by atoms with van der Waals surface area (Å²) in [5.74, 6) is 4.71. The fraction of sp³-hybridized carbons (Fsp3) is 0.286. The zero-order valence-electron chi connectivity index (χ0n) is 15.5. The third-order valence-corrected chi connectivity index (χ3v) is 4.51. The number of hydrogen-bond acceptors (Lipinski definition) is 3. The minimum atomic E-state index is -3.56. The van der Waals surface area contributed by atoms with Crippen LogP contribution in [0.15, 0.2) is 42.5 Å². The highest BCUT2D eigenvalue weighted by atomic mass is 32.2. The van der Waals surface area contributed by atoms with Gasteiger partial charge < -0.3 is 5.11 Å². The summed E-state index contributed by atoms with van der Waals surface area (Å²) < 4.78 is 24.9. The van der Waals surface area contributed by atoms with Crippen LogP contribution in [0.3, 0.4) is 0 Å². The van der Waals surface area contributed by atoms with Crippen molar-refractivity contribution in [3.63, 3.8) is 0 Å². The molecular weight excluding hydrogens is 362 g/mol. The Labute approximate surface area is 160 Å². The zero-order valence-corrected chi connectivity index (χ0v) is 16.3. The number of carboxylic acid groups (broad SMARTS) is 1. The van der Waals surface area contributed by atoms with Crippen molar-refractivity contribution in [3.05, 3.63) is 64.7 Å². The number of anilines is 1. The molecule has 142 valence electrons. The summed E-state index contributed by atoms with van der Waals surface area (Å²) in [4.78, 5) is 11.4. The molecule has 0 aliphatic rings. The van der Waals surface area contributed by atoms with Gasteiger partial charge in [-0.05, 0) is 48.7 Å². The van der Waals surface area contributed by atoms with Crippen molar-refractivity contribution in [2.24, 2.45) is 0 Å². The number of aryl methyl sites for hydroxylation is 1. The van der Waals surface area contributed by atoms with E-state index in [-0.39, 0.29) is 11.3 Å². The van der Waals surface area contributed by atoms with Crippen molar-refractivity contribution >= 4 is 21.7 Å². The number of rotatable bonds is 7. The van der Waals surface area contributed by atoms with E-state index in [9.17, 15) is 18.3 Å². The predicted octanol–water partition coefficient (Wildman–Crippen LogP) is 3.89. The monoisotopic (exact) mass is 385 g/mol. The first-order valence-electron chi connectivity index (χ1n) is 8.74. The number of carbonyl (C=O) groups is 1. The Morgan fingerprint density at radius 3 is 2.26 bits per heavy atom. The van der Waals surface area contributed by atoms with Gasteiger partial charge in [0, 0.05) is 11.1 Å². The average molecular weight is 385 g/mol. The summed E-state index contributed by atoms with van der Waals surface area (Å²) in [6, 6.07) is 12.4. The fourth-order valence-electron chi connectivity index (χ4n) is 2.57. The maximum absolute atomic E-state index is 11.4. The lowest BCUT2D eigenvalue weighted by Crippen LogP contribution is -2.13.